The van der Waals surface area contributed by atoms with Crippen LogP contribution in [0, 0.1) is 11.6 Å². The van der Waals surface area contributed by atoms with Crippen molar-refractivity contribution in [1.29, 1.82) is 0 Å². The number of hydrogen-bond donors (Lipinski definition) is 1. The molecule has 0 aliphatic carbocycles. The molecule has 1 aromatic carbocycles. The summed E-state index contributed by atoms with van der Waals surface area (Å²) < 4.78 is 41.0. The van der Waals surface area contributed by atoms with Crippen LogP contribution in [0.3, 0.4) is 0 Å². The van der Waals surface area contributed by atoms with E-state index in [9.17, 15) is 8.78 Å². The van der Waals surface area contributed by atoms with Crippen molar-refractivity contribution in [2.24, 2.45) is 7.05 Å². The highest BCUT2D eigenvalue weighted by Gasteiger charge is 2.23. The predicted octanol–water partition coefficient (Wildman–Crippen LogP) is 3.32. The van der Waals surface area contributed by atoms with Crippen LogP contribution in [0.4, 0.5) is 8.78 Å². The van der Waals surface area contributed by atoms with E-state index in [0.29, 0.717) is 16.7 Å². The number of rotatable bonds is 4. The van der Waals surface area contributed by atoms with E-state index < -0.39 is 11.6 Å². The lowest BCUT2D eigenvalue weighted by Crippen LogP contribution is -2.00. The Bertz CT molecular complexity index is 1120. The van der Waals surface area contributed by atoms with Gasteiger partial charge in [0.05, 0.1) is 31.7 Å². The molecule has 0 fully saturated rings. The summed E-state index contributed by atoms with van der Waals surface area (Å²) >= 11 is 0. The summed E-state index contributed by atoms with van der Waals surface area (Å²) in [5, 5.41) is 11.9. The van der Waals surface area contributed by atoms with Crippen LogP contribution >= 0.6 is 0 Å². The smallest absolute Gasteiger partial charge is 0.177 e. The van der Waals surface area contributed by atoms with E-state index in [2.05, 4.69) is 20.3 Å². The van der Waals surface area contributed by atoms with Crippen molar-refractivity contribution in [3.8, 4) is 34.0 Å². The van der Waals surface area contributed by atoms with Crippen LogP contribution in [0.25, 0.3) is 33.5 Å². The summed E-state index contributed by atoms with van der Waals surface area (Å²) in [6, 6.07) is 4.38. The average molecular weight is 371 g/mol. The molecule has 0 atom stereocenters. The number of halogens is 2. The number of methoxy groups -OCH3 is 2. The molecule has 3 heterocycles. The number of aromatic amines is 1. The van der Waals surface area contributed by atoms with Crippen molar-refractivity contribution in [3.63, 3.8) is 0 Å². The molecule has 9 heteroatoms. The van der Waals surface area contributed by atoms with Gasteiger partial charge in [0, 0.05) is 30.3 Å². The third-order valence-electron chi connectivity index (χ3n) is 4.23. The first-order valence-corrected chi connectivity index (χ1v) is 7.98. The molecule has 0 saturated carbocycles. The molecule has 0 bridgehead atoms. The summed E-state index contributed by atoms with van der Waals surface area (Å²) in [6.07, 6.45) is 3.49. The Kier molecular flexibility index (Phi) is 3.98. The van der Waals surface area contributed by atoms with Crippen molar-refractivity contribution in [3.05, 3.63) is 42.2 Å². The van der Waals surface area contributed by atoms with Gasteiger partial charge in [0.25, 0.3) is 0 Å². The summed E-state index contributed by atoms with van der Waals surface area (Å²) in [4.78, 5) is 4.33. The minimum absolute atomic E-state index is 0.0936. The first-order chi connectivity index (χ1) is 13.0. The van der Waals surface area contributed by atoms with E-state index in [1.165, 1.54) is 20.3 Å². The second-order valence-electron chi connectivity index (χ2n) is 5.85. The summed E-state index contributed by atoms with van der Waals surface area (Å²) in [6.45, 7) is 0. The zero-order chi connectivity index (χ0) is 19.1. The van der Waals surface area contributed by atoms with Gasteiger partial charge in [-0.2, -0.15) is 10.2 Å². The molecule has 0 unspecified atom stereocenters. The molecular weight excluding hydrogens is 356 g/mol. The zero-order valence-electron chi connectivity index (χ0n) is 14.7. The number of aryl methyl sites for hydroxylation is 1. The molecule has 4 aromatic rings. The molecule has 0 aliphatic heterocycles. The van der Waals surface area contributed by atoms with Gasteiger partial charge in [-0.1, -0.05) is 0 Å². The molecule has 7 nitrogen and oxygen atoms in total. The van der Waals surface area contributed by atoms with Gasteiger partial charge >= 0.3 is 0 Å². The molecule has 138 valence electrons. The first kappa shape index (κ1) is 17.0. The quantitative estimate of drug-likeness (QED) is 0.595. The molecule has 0 spiro atoms. The van der Waals surface area contributed by atoms with Gasteiger partial charge in [-0.15, -0.1) is 0 Å². The van der Waals surface area contributed by atoms with Crippen molar-refractivity contribution < 1.29 is 18.3 Å². The fourth-order valence-corrected chi connectivity index (χ4v) is 2.92. The SMILES string of the molecule is COc1cc(OC)c(F)c(-c2ccc3c(-c4cnn(C)c4)n[nH]c3n2)c1F. The average Bonchev–Trinajstić information content (AvgIpc) is 3.27. The van der Waals surface area contributed by atoms with E-state index in [4.69, 9.17) is 9.47 Å². The van der Waals surface area contributed by atoms with Gasteiger partial charge in [0.1, 0.15) is 5.69 Å². The van der Waals surface area contributed by atoms with Crippen LogP contribution in [-0.2, 0) is 7.05 Å². The number of fused-ring (bicyclic) bond motifs is 1. The molecule has 3 aromatic heterocycles. The summed E-state index contributed by atoms with van der Waals surface area (Å²) in [5.74, 6) is -1.97. The van der Waals surface area contributed by atoms with Crippen molar-refractivity contribution in [2.45, 2.75) is 0 Å². The Morgan fingerprint density at radius 3 is 2.37 bits per heavy atom. The van der Waals surface area contributed by atoms with Crippen LogP contribution in [0.2, 0.25) is 0 Å². The second kappa shape index (κ2) is 6.35. The lowest BCUT2D eigenvalue weighted by atomic mass is 10.1. The van der Waals surface area contributed by atoms with E-state index in [1.807, 2.05) is 6.20 Å². The second-order valence-corrected chi connectivity index (χ2v) is 5.85. The van der Waals surface area contributed by atoms with Crippen LogP contribution in [-0.4, -0.2) is 39.2 Å². The highest BCUT2D eigenvalue weighted by Crippen LogP contribution is 2.37. The molecule has 0 amide bonds. The molecule has 4 rings (SSSR count). The number of nitrogens with one attached hydrogen (secondary N) is 1. The van der Waals surface area contributed by atoms with Gasteiger partial charge in [0.15, 0.2) is 28.8 Å². The maximum Gasteiger partial charge on any atom is 0.177 e. The zero-order valence-corrected chi connectivity index (χ0v) is 14.7. The fraction of sp³-hybridized carbons (Fsp3) is 0.167. The van der Waals surface area contributed by atoms with Crippen molar-refractivity contribution in [2.75, 3.05) is 14.2 Å². The van der Waals surface area contributed by atoms with Gasteiger partial charge in [0.2, 0.25) is 0 Å². The van der Waals surface area contributed by atoms with Crippen LogP contribution < -0.4 is 9.47 Å². The van der Waals surface area contributed by atoms with Gasteiger partial charge in [-0.25, -0.2) is 13.8 Å². The normalized spacial score (nSPS) is 11.1. The van der Waals surface area contributed by atoms with Crippen LogP contribution in [0.15, 0.2) is 30.6 Å². The number of hydrogen-bond acceptors (Lipinski definition) is 5. The van der Waals surface area contributed by atoms with E-state index >= 15 is 0 Å². The number of aromatic nitrogens is 5. The lowest BCUT2D eigenvalue weighted by Gasteiger charge is -2.12. The molecule has 0 saturated heterocycles. The first-order valence-electron chi connectivity index (χ1n) is 7.98. The monoisotopic (exact) mass is 371 g/mol. The molecule has 27 heavy (non-hydrogen) atoms. The predicted molar refractivity (Wildman–Crippen MR) is 94.5 cm³/mol. The number of H-pyrrole nitrogens is 1. The maximum atomic E-state index is 14.7. The van der Waals surface area contributed by atoms with Crippen LogP contribution in [0.5, 0.6) is 11.5 Å². The molecule has 0 radical (unpaired) electrons. The molecule has 0 aliphatic rings. The van der Waals surface area contributed by atoms with E-state index in [-0.39, 0.29) is 22.8 Å². The highest BCUT2D eigenvalue weighted by molar-refractivity contribution is 5.91. The van der Waals surface area contributed by atoms with E-state index in [0.717, 1.165) is 11.6 Å². The van der Waals surface area contributed by atoms with Gasteiger partial charge in [-0.3, -0.25) is 9.78 Å². The van der Waals surface area contributed by atoms with Crippen molar-refractivity contribution >= 4 is 11.0 Å². The molecule has 1 N–H and O–H groups in total. The Hall–Kier alpha value is -3.49. The van der Waals surface area contributed by atoms with Crippen molar-refractivity contribution in [1.82, 2.24) is 25.0 Å². The summed E-state index contributed by atoms with van der Waals surface area (Å²) in [5.41, 5.74) is 1.62. The number of benzene rings is 1. The Morgan fingerprint density at radius 2 is 1.78 bits per heavy atom. The van der Waals surface area contributed by atoms with Gasteiger partial charge < -0.3 is 9.47 Å². The Morgan fingerprint density at radius 1 is 1.07 bits per heavy atom. The highest BCUT2D eigenvalue weighted by atomic mass is 19.1. The molecular formula is C18H15F2N5O2. The van der Waals surface area contributed by atoms with E-state index in [1.54, 1.807) is 24.0 Å². The number of pyridine rings is 1. The third-order valence-corrected chi connectivity index (χ3v) is 4.23. The largest absolute Gasteiger partial charge is 0.494 e. The fourth-order valence-electron chi connectivity index (χ4n) is 2.92. The standard InChI is InChI=1S/C18H15F2N5O2/c1-25-8-9(7-21-25)17-10-4-5-11(22-18(10)24-23-17)14-15(19)12(26-2)6-13(27-3)16(14)20/h4-8H,1-3H3,(H,22,23,24). The minimum Gasteiger partial charge on any atom is -0.494 e. The Labute approximate surface area is 152 Å². The maximum absolute atomic E-state index is 14.7. The Balaban J connectivity index is 1.89. The number of nitrogens with zero attached hydrogens (tertiary/aromatic N) is 4. The third kappa shape index (κ3) is 2.67. The summed E-state index contributed by atoms with van der Waals surface area (Å²) in [7, 11) is 4.40. The van der Waals surface area contributed by atoms with Crippen LogP contribution in [0.1, 0.15) is 0 Å². The topological polar surface area (TPSA) is 77.9 Å². The van der Waals surface area contributed by atoms with Gasteiger partial charge in [-0.05, 0) is 12.1 Å². The minimum atomic E-state index is -0.852. The number of ether oxygens (including phenoxy) is 2. The lowest BCUT2D eigenvalue weighted by molar-refractivity contribution is 0.359.